The second kappa shape index (κ2) is 8.50. The van der Waals surface area contributed by atoms with Gasteiger partial charge in [-0.15, -0.1) is 0 Å². The van der Waals surface area contributed by atoms with Crippen LogP contribution in [-0.4, -0.2) is 65.4 Å². The van der Waals surface area contributed by atoms with Gasteiger partial charge in [-0.3, -0.25) is 14.8 Å². The van der Waals surface area contributed by atoms with E-state index in [0.717, 1.165) is 75.1 Å². The Bertz CT molecular complexity index is 1040. The number of rotatable bonds is 3. The molecule has 2 aliphatic heterocycles. The fourth-order valence-corrected chi connectivity index (χ4v) is 8.59. The zero-order chi connectivity index (χ0) is 25.5. The SMILES string of the molecule is CN1CCN([C@H]2C(=NC34CC5CC(CC(C5)C3)C4)N(c3cccc(C(F)(F)F)c3)C(=S)C2(C)C)CC1. The van der Waals surface area contributed by atoms with Gasteiger partial charge in [0, 0.05) is 37.3 Å². The number of amidine groups is 1. The van der Waals surface area contributed by atoms with E-state index in [1.54, 1.807) is 6.07 Å². The third kappa shape index (κ3) is 4.11. The second-order valence-corrected chi connectivity index (χ2v) is 13.2. The highest BCUT2D eigenvalue weighted by Gasteiger charge is 2.56. The van der Waals surface area contributed by atoms with Crippen molar-refractivity contribution in [1.82, 2.24) is 9.80 Å². The summed E-state index contributed by atoms with van der Waals surface area (Å²) >= 11 is 6.08. The van der Waals surface area contributed by atoms with E-state index in [2.05, 4.69) is 30.7 Å². The van der Waals surface area contributed by atoms with Gasteiger partial charge >= 0.3 is 6.18 Å². The van der Waals surface area contributed by atoms with Crippen molar-refractivity contribution in [3.05, 3.63) is 29.8 Å². The number of piperazine rings is 1. The summed E-state index contributed by atoms with van der Waals surface area (Å²) < 4.78 is 41.1. The maximum atomic E-state index is 13.7. The topological polar surface area (TPSA) is 22.1 Å². The van der Waals surface area contributed by atoms with Crippen LogP contribution in [0.3, 0.4) is 0 Å². The number of nitrogens with zero attached hydrogens (tertiary/aromatic N) is 4. The number of benzene rings is 1. The molecule has 1 aromatic carbocycles. The molecule has 6 fully saturated rings. The number of aliphatic imine (C=N–C) groups is 1. The van der Waals surface area contributed by atoms with Gasteiger partial charge in [-0.25, -0.2) is 0 Å². The first kappa shape index (κ1) is 24.8. The van der Waals surface area contributed by atoms with Crippen molar-refractivity contribution in [2.45, 2.75) is 70.1 Å². The summed E-state index contributed by atoms with van der Waals surface area (Å²) in [5, 5.41) is 0. The molecule has 7 rings (SSSR count). The molecule has 2 heterocycles. The molecule has 8 heteroatoms. The summed E-state index contributed by atoms with van der Waals surface area (Å²) in [5.41, 5.74) is -0.661. The fourth-order valence-electron chi connectivity index (χ4n) is 8.28. The minimum absolute atomic E-state index is 0.0405. The normalized spacial score (nSPS) is 37.9. The zero-order valence-corrected chi connectivity index (χ0v) is 22.3. The van der Waals surface area contributed by atoms with Crippen molar-refractivity contribution >= 4 is 28.7 Å². The highest BCUT2D eigenvalue weighted by molar-refractivity contribution is 7.80. The maximum absolute atomic E-state index is 13.7. The van der Waals surface area contributed by atoms with Gasteiger partial charge in [-0.2, -0.15) is 13.2 Å². The van der Waals surface area contributed by atoms with E-state index >= 15 is 0 Å². The minimum atomic E-state index is -4.40. The summed E-state index contributed by atoms with van der Waals surface area (Å²) in [6.07, 6.45) is 2.92. The van der Waals surface area contributed by atoms with Crippen molar-refractivity contribution < 1.29 is 13.2 Å². The predicted molar refractivity (Wildman–Crippen MR) is 141 cm³/mol. The van der Waals surface area contributed by atoms with E-state index in [1.165, 1.54) is 31.4 Å². The Morgan fingerprint density at radius 3 is 2.08 bits per heavy atom. The smallest absolute Gasteiger partial charge is 0.304 e. The molecular weight excluding hydrogens is 481 g/mol. The Morgan fingerprint density at radius 2 is 1.53 bits per heavy atom. The van der Waals surface area contributed by atoms with Gasteiger partial charge in [-0.05, 0) is 81.5 Å². The number of hydrogen-bond acceptors (Lipinski definition) is 4. The monoisotopic (exact) mass is 518 g/mol. The van der Waals surface area contributed by atoms with Crippen LogP contribution in [0.1, 0.15) is 57.9 Å². The van der Waals surface area contributed by atoms with E-state index in [-0.39, 0.29) is 11.6 Å². The van der Waals surface area contributed by atoms with E-state index in [0.29, 0.717) is 10.7 Å². The lowest BCUT2D eigenvalue weighted by Crippen LogP contribution is -2.56. The van der Waals surface area contributed by atoms with Crippen LogP contribution in [0, 0.1) is 23.2 Å². The van der Waals surface area contributed by atoms with E-state index < -0.39 is 17.2 Å². The Morgan fingerprint density at radius 1 is 0.944 bits per heavy atom. The van der Waals surface area contributed by atoms with E-state index in [4.69, 9.17) is 17.2 Å². The molecule has 0 radical (unpaired) electrons. The van der Waals surface area contributed by atoms with Crippen LogP contribution < -0.4 is 4.90 Å². The highest BCUT2D eigenvalue weighted by atomic mass is 32.1. The molecule has 0 aromatic heterocycles. The van der Waals surface area contributed by atoms with E-state index in [1.807, 2.05) is 4.90 Å². The van der Waals surface area contributed by atoms with Gasteiger partial charge < -0.3 is 4.90 Å². The van der Waals surface area contributed by atoms with Crippen LogP contribution in [0.15, 0.2) is 29.3 Å². The quantitative estimate of drug-likeness (QED) is 0.467. The summed E-state index contributed by atoms with van der Waals surface area (Å²) in [6, 6.07) is 5.62. The number of thiocarbonyl (C=S) groups is 1. The Hall–Kier alpha value is -1.51. The highest BCUT2D eigenvalue weighted by Crippen LogP contribution is 2.58. The molecule has 4 nitrogen and oxygen atoms in total. The van der Waals surface area contributed by atoms with Crippen LogP contribution in [0.2, 0.25) is 0 Å². The summed E-state index contributed by atoms with van der Waals surface area (Å²) in [7, 11) is 2.14. The predicted octanol–water partition coefficient (Wildman–Crippen LogP) is 5.86. The number of hydrogen-bond donors (Lipinski definition) is 0. The van der Waals surface area contributed by atoms with Crippen molar-refractivity contribution in [2.75, 3.05) is 38.1 Å². The Labute approximate surface area is 217 Å². The first-order valence-electron chi connectivity index (χ1n) is 13.5. The first-order chi connectivity index (χ1) is 17.0. The van der Waals surface area contributed by atoms with Gasteiger partial charge in [0.25, 0.3) is 0 Å². The van der Waals surface area contributed by atoms with Gasteiger partial charge in [0.05, 0.1) is 22.1 Å². The molecule has 1 aromatic rings. The maximum Gasteiger partial charge on any atom is 0.416 e. The molecule has 0 N–H and O–H groups in total. The third-order valence-corrected chi connectivity index (χ3v) is 10.3. The number of anilines is 1. The van der Waals surface area contributed by atoms with Crippen LogP contribution in [0.4, 0.5) is 18.9 Å². The molecule has 4 aliphatic carbocycles. The molecule has 0 amide bonds. The molecule has 6 aliphatic rings. The van der Waals surface area contributed by atoms with Crippen molar-refractivity contribution in [3.8, 4) is 0 Å². The lowest BCUT2D eigenvalue weighted by Gasteiger charge is -2.55. The average molecular weight is 519 g/mol. The van der Waals surface area contributed by atoms with Crippen LogP contribution in [0.5, 0.6) is 0 Å². The summed E-state index contributed by atoms with van der Waals surface area (Å²) in [4.78, 5) is 13.1. The molecule has 4 saturated carbocycles. The molecule has 1 atom stereocenters. The molecule has 4 bridgehead atoms. The van der Waals surface area contributed by atoms with Crippen molar-refractivity contribution in [3.63, 3.8) is 0 Å². The third-order valence-electron chi connectivity index (χ3n) is 9.60. The molecule has 2 saturated heterocycles. The Kier molecular flexibility index (Phi) is 5.86. The van der Waals surface area contributed by atoms with Crippen LogP contribution >= 0.6 is 12.2 Å². The van der Waals surface area contributed by atoms with Gasteiger partial charge in [-0.1, -0.05) is 32.1 Å². The van der Waals surface area contributed by atoms with Crippen LogP contribution in [0.25, 0.3) is 0 Å². The van der Waals surface area contributed by atoms with Gasteiger partial charge in [0.1, 0.15) is 5.84 Å². The summed E-state index contributed by atoms with van der Waals surface area (Å²) in [6.45, 7) is 8.05. The lowest BCUT2D eigenvalue weighted by atomic mass is 9.53. The first-order valence-corrected chi connectivity index (χ1v) is 13.9. The largest absolute Gasteiger partial charge is 0.416 e. The van der Waals surface area contributed by atoms with E-state index in [9.17, 15) is 13.2 Å². The molecule has 0 spiro atoms. The molecule has 36 heavy (non-hydrogen) atoms. The zero-order valence-electron chi connectivity index (χ0n) is 21.5. The van der Waals surface area contributed by atoms with Gasteiger partial charge in [0.2, 0.25) is 0 Å². The fraction of sp³-hybridized carbons (Fsp3) is 0.714. The standard InChI is InChI=1S/C28H37F3N4S/c1-26(2)23(34-9-7-33(3)8-10-34)24(32-27-15-18-11-19(16-27)13-20(12-18)17-27)35(25(26)36)22-6-4-5-21(14-22)28(29,30)31/h4-6,14,18-20,23H,7-13,15-17H2,1-3H3/t18?,19?,20?,23-,27?/m0/s1. The average Bonchev–Trinajstić information content (AvgIpc) is 2.97. The minimum Gasteiger partial charge on any atom is -0.304 e. The number of alkyl halides is 3. The van der Waals surface area contributed by atoms with Gasteiger partial charge in [0.15, 0.2) is 0 Å². The lowest BCUT2D eigenvalue weighted by molar-refractivity contribution is -0.137. The van der Waals surface area contributed by atoms with Crippen molar-refractivity contribution in [1.29, 1.82) is 0 Å². The number of halogens is 3. The second-order valence-electron chi connectivity index (χ2n) is 12.8. The number of likely N-dealkylation sites (N-methyl/N-ethyl adjacent to an activating group) is 1. The molecule has 196 valence electrons. The van der Waals surface area contributed by atoms with Crippen LogP contribution in [-0.2, 0) is 6.18 Å². The Balaban J connectivity index is 1.47. The van der Waals surface area contributed by atoms with Crippen molar-refractivity contribution in [2.24, 2.45) is 28.2 Å². The summed E-state index contributed by atoms with van der Waals surface area (Å²) in [5.74, 6) is 3.11. The molecule has 0 unspecified atom stereocenters. The molecular formula is C28H37F3N4S.